The summed E-state index contributed by atoms with van der Waals surface area (Å²) in [7, 11) is 1.34. The molecule has 0 aliphatic rings. The fourth-order valence-corrected chi connectivity index (χ4v) is 1.09. The summed E-state index contributed by atoms with van der Waals surface area (Å²) >= 11 is 0. The topological polar surface area (TPSA) is 93.6 Å². The lowest BCUT2D eigenvalue weighted by Gasteiger charge is -2.20. The predicted octanol–water partition coefficient (Wildman–Crippen LogP) is -1.44. The van der Waals surface area contributed by atoms with Crippen molar-refractivity contribution in [1.82, 2.24) is 10.2 Å². The van der Waals surface area contributed by atoms with Gasteiger partial charge in [-0.15, -0.1) is 0 Å². The van der Waals surface area contributed by atoms with Gasteiger partial charge in [0, 0.05) is 39.3 Å². The highest BCUT2D eigenvalue weighted by Crippen LogP contribution is 1.84. The molecule has 0 spiro atoms. The van der Waals surface area contributed by atoms with Crippen molar-refractivity contribution in [2.45, 2.75) is 0 Å². The molecule has 0 rings (SSSR count). The maximum Gasteiger partial charge on any atom is 0.406 e. The quantitative estimate of drug-likeness (QED) is 0.472. The van der Waals surface area contributed by atoms with Gasteiger partial charge in [0.1, 0.15) is 0 Å². The van der Waals surface area contributed by atoms with Crippen molar-refractivity contribution >= 4 is 6.09 Å². The summed E-state index contributed by atoms with van der Waals surface area (Å²) in [6, 6.07) is 0. The zero-order chi connectivity index (χ0) is 10.8. The molecule has 0 fully saturated rings. The number of methoxy groups -OCH3 is 1. The Balaban J connectivity index is 3.54. The van der Waals surface area contributed by atoms with Gasteiger partial charge >= 0.3 is 6.09 Å². The molecule has 6 nitrogen and oxygen atoms in total. The second-order valence-electron chi connectivity index (χ2n) is 2.84. The number of ether oxygens (including phenoxy) is 1. The van der Waals surface area contributed by atoms with E-state index in [1.165, 1.54) is 7.11 Å². The van der Waals surface area contributed by atoms with E-state index < -0.39 is 6.09 Å². The van der Waals surface area contributed by atoms with Crippen molar-refractivity contribution in [1.29, 1.82) is 0 Å². The lowest BCUT2D eigenvalue weighted by molar-refractivity contribution is 0.168. The van der Waals surface area contributed by atoms with Crippen LogP contribution in [0.4, 0.5) is 4.79 Å². The molecule has 0 heterocycles. The molecule has 0 aliphatic carbocycles. The molecule has 5 N–H and O–H groups in total. The van der Waals surface area contributed by atoms with Crippen molar-refractivity contribution in [2.75, 3.05) is 46.4 Å². The molecule has 0 aromatic rings. The number of nitrogens with two attached hydrogens (primary N) is 2. The smallest absolute Gasteiger partial charge is 0.406 e. The molecule has 0 radical (unpaired) electrons. The molecule has 0 aliphatic heterocycles. The first-order valence-electron chi connectivity index (χ1n) is 4.69. The van der Waals surface area contributed by atoms with Crippen LogP contribution in [0.5, 0.6) is 0 Å². The second kappa shape index (κ2) is 8.74. The van der Waals surface area contributed by atoms with Gasteiger partial charge in [0.25, 0.3) is 0 Å². The van der Waals surface area contributed by atoms with Gasteiger partial charge in [-0.1, -0.05) is 0 Å². The number of alkyl carbamates (subject to hydrolysis) is 1. The first kappa shape index (κ1) is 13.2. The van der Waals surface area contributed by atoms with Gasteiger partial charge in [-0.25, -0.2) is 4.79 Å². The van der Waals surface area contributed by atoms with Crippen molar-refractivity contribution < 1.29 is 9.53 Å². The second-order valence-corrected chi connectivity index (χ2v) is 2.84. The average Bonchev–Trinajstić information content (AvgIpc) is 2.18. The SMILES string of the molecule is COC(=O)NCCN(CCN)CCN. The fourth-order valence-electron chi connectivity index (χ4n) is 1.09. The number of hydrogen-bond acceptors (Lipinski definition) is 5. The maximum atomic E-state index is 10.7. The average molecular weight is 204 g/mol. The van der Waals surface area contributed by atoms with Gasteiger partial charge in [-0.05, 0) is 0 Å². The Bertz CT molecular complexity index is 148. The Morgan fingerprint density at radius 3 is 2.29 bits per heavy atom. The molecule has 84 valence electrons. The van der Waals surface area contributed by atoms with Crippen LogP contribution in [0.1, 0.15) is 0 Å². The van der Waals surface area contributed by atoms with E-state index in [1.807, 2.05) is 0 Å². The van der Waals surface area contributed by atoms with Crippen LogP contribution < -0.4 is 16.8 Å². The lowest BCUT2D eigenvalue weighted by atomic mass is 10.4. The molecule has 1 amide bonds. The van der Waals surface area contributed by atoms with E-state index in [9.17, 15) is 4.79 Å². The molecule has 14 heavy (non-hydrogen) atoms. The standard InChI is InChI=1S/C8H20N4O2/c1-14-8(13)11-4-7-12(5-2-9)6-3-10/h2-7,9-10H2,1H3,(H,11,13). The molecular weight excluding hydrogens is 184 g/mol. The first-order chi connectivity index (χ1) is 6.74. The Kier molecular flexibility index (Phi) is 8.20. The molecule has 6 heteroatoms. The predicted molar refractivity (Wildman–Crippen MR) is 55.0 cm³/mol. The van der Waals surface area contributed by atoms with E-state index in [4.69, 9.17) is 11.5 Å². The number of nitrogens with zero attached hydrogens (tertiary/aromatic N) is 1. The molecule has 0 unspecified atom stereocenters. The van der Waals surface area contributed by atoms with Gasteiger partial charge in [0.05, 0.1) is 7.11 Å². The van der Waals surface area contributed by atoms with E-state index in [0.717, 1.165) is 19.6 Å². The third-order valence-corrected chi connectivity index (χ3v) is 1.77. The minimum absolute atomic E-state index is 0.412. The largest absolute Gasteiger partial charge is 0.453 e. The number of nitrogens with one attached hydrogen (secondary N) is 1. The van der Waals surface area contributed by atoms with E-state index in [1.54, 1.807) is 0 Å². The van der Waals surface area contributed by atoms with E-state index >= 15 is 0 Å². The van der Waals surface area contributed by atoms with Crippen LogP contribution in [-0.4, -0.2) is 57.4 Å². The normalized spacial score (nSPS) is 10.3. The van der Waals surface area contributed by atoms with Gasteiger partial charge in [0.15, 0.2) is 0 Å². The molecule has 0 aromatic heterocycles. The minimum atomic E-state index is -0.412. The monoisotopic (exact) mass is 204 g/mol. The Hall–Kier alpha value is -0.850. The first-order valence-corrected chi connectivity index (χ1v) is 4.69. The maximum absolute atomic E-state index is 10.7. The summed E-state index contributed by atoms with van der Waals surface area (Å²) in [6.45, 7) is 4.06. The van der Waals surface area contributed by atoms with Gasteiger partial charge in [-0.3, -0.25) is 4.90 Å². The lowest BCUT2D eigenvalue weighted by Crippen LogP contribution is -2.39. The van der Waals surface area contributed by atoms with Crippen molar-refractivity contribution in [3.8, 4) is 0 Å². The minimum Gasteiger partial charge on any atom is -0.453 e. The number of carbonyl (C=O) groups excluding carboxylic acids is 1. The summed E-state index contributed by atoms with van der Waals surface area (Å²) in [5, 5.41) is 2.60. The molecule has 0 atom stereocenters. The van der Waals surface area contributed by atoms with E-state index in [-0.39, 0.29) is 0 Å². The molecule has 0 saturated carbocycles. The van der Waals surface area contributed by atoms with Gasteiger partial charge in [-0.2, -0.15) is 0 Å². The third-order valence-electron chi connectivity index (χ3n) is 1.77. The number of carbonyl (C=O) groups is 1. The van der Waals surface area contributed by atoms with Crippen LogP contribution in [0.3, 0.4) is 0 Å². The van der Waals surface area contributed by atoms with Gasteiger partial charge < -0.3 is 21.5 Å². The Morgan fingerprint density at radius 1 is 1.29 bits per heavy atom. The fraction of sp³-hybridized carbons (Fsp3) is 0.875. The number of amides is 1. The zero-order valence-corrected chi connectivity index (χ0v) is 8.66. The highest BCUT2D eigenvalue weighted by Gasteiger charge is 2.03. The van der Waals surface area contributed by atoms with Crippen molar-refractivity contribution in [3.05, 3.63) is 0 Å². The highest BCUT2D eigenvalue weighted by molar-refractivity contribution is 5.66. The summed E-state index contributed by atoms with van der Waals surface area (Å²) in [5.41, 5.74) is 10.8. The summed E-state index contributed by atoms with van der Waals surface area (Å²) < 4.78 is 4.43. The molecule has 0 aromatic carbocycles. The van der Waals surface area contributed by atoms with Gasteiger partial charge in [0.2, 0.25) is 0 Å². The molecule has 0 bridgehead atoms. The number of hydrogen-bond donors (Lipinski definition) is 3. The summed E-state index contributed by atoms with van der Waals surface area (Å²) in [4.78, 5) is 12.8. The van der Waals surface area contributed by atoms with E-state index in [2.05, 4.69) is 15.0 Å². The van der Waals surface area contributed by atoms with Crippen LogP contribution >= 0.6 is 0 Å². The Labute approximate surface area is 84.6 Å². The van der Waals surface area contributed by atoms with E-state index in [0.29, 0.717) is 19.6 Å². The van der Waals surface area contributed by atoms with Crippen molar-refractivity contribution in [3.63, 3.8) is 0 Å². The van der Waals surface area contributed by atoms with Crippen LogP contribution in [0.15, 0.2) is 0 Å². The summed E-state index contributed by atoms with van der Waals surface area (Å²) in [6.07, 6.45) is -0.412. The third kappa shape index (κ3) is 6.64. The number of rotatable bonds is 7. The van der Waals surface area contributed by atoms with Crippen LogP contribution in [0, 0.1) is 0 Å². The zero-order valence-electron chi connectivity index (χ0n) is 8.66. The van der Waals surface area contributed by atoms with Crippen LogP contribution in [-0.2, 0) is 4.74 Å². The van der Waals surface area contributed by atoms with Crippen molar-refractivity contribution in [2.24, 2.45) is 11.5 Å². The molecular formula is C8H20N4O2. The molecule has 0 saturated heterocycles. The Morgan fingerprint density at radius 2 is 1.86 bits per heavy atom. The van der Waals surface area contributed by atoms with Crippen LogP contribution in [0.2, 0.25) is 0 Å². The highest BCUT2D eigenvalue weighted by atomic mass is 16.5. The summed E-state index contributed by atoms with van der Waals surface area (Å²) in [5.74, 6) is 0. The van der Waals surface area contributed by atoms with Crippen LogP contribution in [0.25, 0.3) is 0 Å².